The third-order valence-corrected chi connectivity index (χ3v) is 12.1. The first kappa shape index (κ1) is 36.2. The van der Waals surface area contributed by atoms with Crippen molar-refractivity contribution in [3.8, 4) is 0 Å². The quantitative estimate of drug-likeness (QED) is 0.118. The summed E-state index contributed by atoms with van der Waals surface area (Å²) in [6, 6.07) is 0. The molecule has 0 aliphatic heterocycles. The van der Waals surface area contributed by atoms with Crippen LogP contribution in [-0.4, -0.2) is 56.7 Å². The van der Waals surface area contributed by atoms with Crippen molar-refractivity contribution >= 4 is 12.1 Å². The maximum Gasteiger partial charge on any atom is 0.407 e. The molecule has 0 aromatic heterocycles. The van der Waals surface area contributed by atoms with E-state index < -0.39 is 11.7 Å². The number of hydrogen-bond acceptors (Lipinski definition) is 6. The number of nitrogens with one attached hydrogen (secondary N) is 1. The lowest BCUT2D eigenvalue weighted by Gasteiger charge is -2.58. The largest absolute Gasteiger partial charge is 0.460 e. The van der Waals surface area contributed by atoms with Crippen molar-refractivity contribution in [3.63, 3.8) is 0 Å². The van der Waals surface area contributed by atoms with Crippen LogP contribution in [0.3, 0.4) is 0 Å². The molecule has 4 rings (SSSR count). The van der Waals surface area contributed by atoms with Crippen LogP contribution in [0.4, 0.5) is 4.79 Å². The minimum absolute atomic E-state index is 0.0523. The molecule has 4 aliphatic carbocycles. The molecule has 0 heterocycles. The summed E-state index contributed by atoms with van der Waals surface area (Å²) in [5.41, 5.74) is 1.78. The molecule has 0 saturated heterocycles. The van der Waals surface area contributed by atoms with Crippen LogP contribution in [0, 0.1) is 46.3 Å². The van der Waals surface area contributed by atoms with Gasteiger partial charge in [-0.3, -0.25) is 0 Å². The summed E-state index contributed by atoms with van der Waals surface area (Å²) in [7, 11) is 0. The van der Waals surface area contributed by atoms with Gasteiger partial charge in [0.15, 0.2) is 0 Å². The number of ether oxygens (including phenoxy) is 4. The van der Waals surface area contributed by atoms with Gasteiger partial charge in [-0.05, 0) is 112 Å². The lowest BCUT2D eigenvalue weighted by molar-refractivity contribution is -0.157. The highest BCUT2D eigenvalue weighted by Crippen LogP contribution is 2.67. The van der Waals surface area contributed by atoms with E-state index in [-0.39, 0.29) is 24.1 Å². The van der Waals surface area contributed by atoms with Crippen LogP contribution in [0.2, 0.25) is 0 Å². The van der Waals surface area contributed by atoms with Crippen LogP contribution in [-0.2, 0) is 23.7 Å². The molecule has 4 aliphatic rings. The zero-order valence-electron chi connectivity index (χ0n) is 29.9. The summed E-state index contributed by atoms with van der Waals surface area (Å²) in [6.07, 6.45) is 15.9. The van der Waals surface area contributed by atoms with Gasteiger partial charge in [-0.1, -0.05) is 65.5 Å². The number of hydrogen-bond donors (Lipinski definition) is 1. The Kier molecular flexibility index (Phi) is 12.5. The van der Waals surface area contributed by atoms with Gasteiger partial charge in [-0.15, -0.1) is 0 Å². The summed E-state index contributed by atoms with van der Waals surface area (Å²) >= 11 is 0. The van der Waals surface area contributed by atoms with E-state index in [1.54, 1.807) is 5.57 Å². The van der Waals surface area contributed by atoms with Crippen molar-refractivity contribution in [2.75, 3.05) is 33.0 Å². The van der Waals surface area contributed by atoms with Gasteiger partial charge >= 0.3 is 12.1 Å². The van der Waals surface area contributed by atoms with Crippen LogP contribution < -0.4 is 5.32 Å². The van der Waals surface area contributed by atoms with Crippen LogP contribution >= 0.6 is 0 Å². The zero-order valence-corrected chi connectivity index (χ0v) is 29.9. The van der Waals surface area contributed by atoms with E-state index >= 15 is 0 Å². The molecule has 3 fully saturated rings. The molecule has 0 bridgehead atoms. The van der Waals surface area contributed by atoms with Crippen molar-refractivity contribution < 1.29 is 28.5 Å². The minimum Gasteiger partial charge on any atom is -0.460 e. The third-order valence-electron chi connectivity index (χ3n) is 12.1. The van der Waals surface area contributed by atoms with Crippen molar-refractivity contribution in [1.82, 2.24) is 5.32 Å². The summed E-state index contributed by atoms with van der Waals surface area (Å²) in [6.45, 7) is 19.2. The molecule has 7 heteroatoms. The molecule has 7 nitrogen and oxygen atoms in total. The van der Waals surface area contributed by atoms with Gasteiger partial charge in [-0.2, -0.15) is 0 Å². The summed E-state index contributed by atoms with van der Waals surface area (Å²) in [4.78, 5) is 24.2. The number of rotatable bonds is 14. The molecule has 3 saturated carbocycles. The predicted octanol–water partition coefficient (Wildman–Crippen LogP) is 8.50. The molecule has 0 aromatic rings. The second-order valence-electron chi connectivity index (χ2n) is 16.7. The highest BCUT2D eigenvalue weighted by Gasteiger charge is 2.59. The smallest absolute Gasteiger partial charge is 0.407 e. The second kappa shape index (κ2) is 15.5. The monoisotopic (exact) mass is 631 g/mol. The summed E-state index contributed by atoms with van der Waals surface area (Å²) < 4.78 is 22.1. The average molecular weight is 632 g/mol. The second-order valence-corrected chi connectivity index (χ2v) is 16.7. The lowest BCUT2D eigenvalue weighted by atomic mass is 9.47. The number of fused-ring (bicyclic) bond motifs is 5. The Morgan fingerprint density at radius 3 is 2.44 bits per heavy atom. The van der Waals surface area contributed by atoms with Crippen LogP contribution in [0.5, 0.6) is 0 Å². The zero-order chi connectivity index (χ0) is 32.8. The van der Waals surface area contributed by atoms with Crippen LogP contribution in [0.15, 0.2) is 11.6 Å². The molecule has 8 atom stereocenters. The standard InChI is InChI=1S/C38H65NO6/c1-26(2)10-9-11-27(3)31-14-15-32-30-13-12-28-24-29(16-18-37(28,7)33(30)17-19-38(31,32)8)44-34(40)25-43-23-22-42-21-20-39-35(41)45-36(4,5)6/h12,26-27,29-33H,9-11,13-25H2,1-8H3,(H,39,41). The average Bonchev–Trinajstić information content (AvgIpc) is 3.31. The molecule has 45 heavy (non-hydrogen) atoms. The fourth-order valence-corrected chi connectivity index (χ4v) is 9.89. The van der Waals surface area contributed by atoms with E-state index in [0.29, 0.717) is 31.8 Å². The molecule has 1 N–H and O–H groups in total. The van der Waals surface area contributed by atoms with E-state index in [1.165, 1.54) is 51.4 Å². The van der Waals surface area contributed by atoms with Gasteiger partial charge in [0, 0.05) is 13.0 Å². The Morgan fingerprint density at radius 1 is 0.956 bits per heavy atom. The molecule has 1 amide bonds. The SMILES string of the molecule is CC(C)CCCC(C)C1CCC2C3CC=C4CC(OC(=O)COCCOCCNC(=O)OC(C)(C)C)CCC4(C)C3CCC12C. The fourth-order valence-electron chi connectivity index (χ4n) is 9.89. The van der Waals surface area contributed by atoms with Crippen LogP contribution in [0.25, 0.3) is 0 Å². The molecule has 0 radical (unpaired) electrons. The number of amides is 1. The number of alkyl carbamates (subject to hydrolysis) is 1. The van der Waals surface area contributed by atoms with E-state index in [0.717, 1.165) is 54.8 Å². The Morgan fingerprint density at radius 2 is 1.71 bits per heavy atom. The van der Waals surface area contributed by atoms with Crippen molar-refractivity contribution in [3.05, 3.63) is 11.6 Å². The van der Waals surface area contributed by atoms with Gasteiger partial charge in [-0.25, -0.2) is 9.59 Å². The molecule has 8 unspecified atom stereocenters. The van der Waals surface area contributed by atoms with E-state index in [4.69, 9.17) is 18.9 Å². The van der Waals surface area contributed by atoms with Gasteiger partial charge in [0.1, 0.15) is 18.3 Å². The van der Waals surface area contributed by atoms with Gasteiger partial charge < -0.3 is 24.3 Å². The maximum atomic E-state index is 12.6. The highest BCUT2D eigenvalue weighted by molar-refractivity contribution is 5.71. The Hall–Kier alpha value is -1.60. The van der Waals surface area contributed by atoms with Crippen molar-refractivity contribution in [2.24, 2.45) is 46.3 Å². The Balaban J connectivity index is 1.18. The van der Waals surface area contributed by atoms with Gasteiger partial charge in [0.2, 0.25) is 0 Å². The highest BCUT2D eigenvalue weighted by atomic mass is 16.6. The predicted molar refractivity (Wildman–Crippen MR) is 179 cm³/mol. The van der Waals surface area contributed by atoms with E-state index in [9.17, 15) is 9.59 Å². The number of esters is 1. The Labute approximate surface area is 274 Å². The summed E-state index contributed by atoms with van der Waals surface area (Å²) in [5, 5.41) is 2.65. The first-order valence-electron chi connectivity index (χ1n) is 18.2. The summed E-state index contributed by atoms with van der Waals surface area (Å²) in [5.74, 6) is 4.69. The normalized spacial score (nSPS) is 33.4. The number of carbonyl (C=O) groups is 2. The van der Waals surface area contributed by atoms with Gasteiger partial charge in [0.25, 0.3) is 0 Å². The first-order valence-corrected chi connectivity index (χ1v) is 18.2. The molecule has 0 aromatic carbocycles. The third kappa shape index (κ3) is 9.27. The Bertz CT molecular complexity index is 1020. The molecular formula is C38H65NO6. The molecule has 258 valence electrons. The first-order chi connectivity index (χ1) is 21.2. The molecular weight excluding hydrogens is 566 g/mol. The van der Waals surface area contributed by atoms with Crippen LogP contribution in [0.1, 0.15) is 126 Å². The van der Waals surface area contributed by atoms with E-state index in [1.807, 2.05) is 20.8 Å². The number of allylic oxidation sites excluding steroid dienone is 1. The fraction of sp³-hybridized carbons (Fsp3) is 0.895. The molecule has 0 spiro atoms. The lowest BCUT2D eigenvalue weighted by Crippen LogP contribution is -2.51. The van der Waals surface area contributed by atoms with E-state index in [2.05, 4.69) is 46.0 Å². The number of carbonyl (C=O) groups excluding carboxylic acids is 2. The van der Waals surface area contributed by atoms with Crippen molar-refractivity contribution in [2.45, 2.75) is 138 Å². The minimum atomic E-state index is -0.524. The van der Waals surface area contributed by atoms with Crippen molar-refractivity contribution in [1.29, 1.82) is 0 Å². The van der Waals surface area contributed by atoms with Gasteiger partial charge in [0.05, 0.1) is 19.8 Å². The maximum absolute atomic E-state index is 12.6. The topological polar surface area (TPSA) is 83.1 Å².